The average molecular weight is 391 g/mol. The van der Waals surface area contributed by atoms with E-state index in [1.807, 2.05) is 55.5 Å². The summed E-state index contributed by atoms with van der Waals surface area (Å²) in [5, 5.41) is 0. The summed E-state index contributed by atoms with van der Waals surface area (Å²) >= 11 is 0. The molecule has 29 heavy (non-hydrogen) atoms. The lowest BCUT2D eigenvalue weighted by Gasteiger charge is -2.38. The van der Waals surface area contributed by atoms with Crippen LogP contribution in [0.25, 0.3) is 0 Å². The zero-order chi connectivity index (χ0) is 21.8. The molecule has 0 aromatic heterocycles. The van der Waals surface area contributed by atoms with E-state index in [0.29, 0.717) is 11.1 Å². The molecule has 0 aliphatic carbocycles. The van der Waals surface area contributed by atoms with Crippen LogP contribution < -0.4 is 0 Å². The fraction of sp³-hybridized carbons (Fsp3) is 0.407. The molecule has 2 aromatic carbocycles. The highest BCUT2D eigenvalue weighted by Gasteiger charge is 2.38. The second-order valence-electron chi connectivity index (χ2n) is 9.38. The molecule has 154 valence electrons. The van der Waals surface area contributed by atoms with Gasteiger partial charge in [-0.2, -0.15) is 0 Å². The van der Waals surface area contributed by atoms with E-state index in [-0.39, 0.29) is 22.9 Å². The van der Waals surface area contributed by atoms with Gasteiger partial charge in [-0.25, -0.2) is 0 Å². The molecular weight excluding hydrogens is 356 g/mol. The van der Waals surface area contributed by atoms with Crippen molar-refractivity contribution in [3.05, 3.63) is 83.4 Å². The Kier molecular flexibility index (Phi) is 7.00. The largest absolute Gasteiger partial charge is 0.299 e. The van der Waals surface area contributed by atoms with Gasteiger partial charge < -0.3 is 0 Å². The van der Waals surface area contributed by atoms with Crippen molar-refractivity contribution in [2.45, 2.75) is 60.3 Å². The molecule has 2 rings (SSSR count). The van der Waals surface area contributed by atoms with Crippen molar-refractivity contribution in [1.29, 1.82) is 0 Å². The lowest BCUT2D eigenvalue weighted by Crippen LogP contribution is -2.33. The third-order valence-electron chi connectivity index (χ3n) is 6.35. The molecule has 0 aliphatic rings. The van der Waals surface area contributed by atoms with Crippen molar-refractivity contribution in [3.63, 3.8) is 0 Å². The third-order valence-corrected chi connectivity index (χ3v) is 6.35. The number of hydrogen-bond donors (Lipinski definition) is 0. The van der Waals surface area contributed by atoms with E-state index in [1.54, 1.807) is 6.92 Å². The van der Waals surface area contributed by atoms with Gasteiger partial charge in [0.05, 0.1) is 0 Å². The normalized spacial score (nSPS) is 14.7. The van der Waals surface area contributed by atoms with Crippen molar-refractivity contribution >= 4 is 11.6 Å². The van der Waals surface area contributed by atoms with Gasteiger partial charge in [0.15, 0.2) is 5.78 Å². The predicted molar refractivity (Wildman–Crippen MR) is 121 cm³/mol. The summed E-state index contributed by atoms with van der Waals surface area (Å²) in [4.78, 5) is 25.4. The Morgan fingerprint density at radius 1 is 0.931 bits per heavy atom. The van der Waals surface area contributed by atoms with E-state index in [4.69, 9.17) is 0 Å². The second-order valence-corrected chi connectivity index (χ2v) is 9.38. The van der Waals surface area contributed by atoms with Crippen LogP contribution in [0.3, 0.4) is 0 Å². The minimum Gasteiger partial charge on any atom is -0.299 e. The molecule has 0 N–H and O–H groups in total. The van der Waals surface area contributed by atoms with Crippen LogP contribution in [-0.2, 0) is 4.79 Å². The second kappa shape index (κ2) is 8.90. The van der Waals surface area contributed by atoms with Crippen molar-refractivity contribution in [1.82, 2.24) is 0 Å². The Morgan fingerprint density at radius 2 is 1.52 bits per heavy atom. The highest BCUT2D eigenvalue weighted by atomic mass is 16.1. The standard InChI is InChI=1S/C27H34O2/c1-19(2)26(5,6)18-27(7,21(4)28)17-20(3)23-14-11-15-24(16-23)25(29)22-12-9-8-10-13-22/h8-16,20H,1,17-18H2,2-7H3. The summed E-state index contributed by atoms with van der Waals surface area (Å²) in [6.45, 7) is 16.4. The Bertz CT molecular complexity index is 892. The van der Waals surface area contributed by atoms with Gasteiger partial charge in [-0.05, 0) is 49.7 Å². The first-order valence-electron chi connectivity index (χ1n) is 10.3. The molecule has 0 saturated heterocycles. The molecule has 2 unspecified atom stereocenters. The van der Waals surface area contributed by atoms with Crippen LogP contribution in [0.2, 0.25) is 0 Å². The van der Waals surface area contributed by atoms with Gasteiger partial charge in [0, 0.05) is 16.5 Å². The van der Waals surface area contributed by atoms with Gasteiger partial charge in [0.2, 0.25) is 0 Å². The summed E-state index contributed by atoms with van der Waals surface area (Å²) in [5.41, 5.74) is 3.01. The van der Waals surface area contributed by atoms with E-state index in [2.05, 4.69) is 40.3 Å². The molecule has 2 atom stereocenters. The number of carbonyl (C=O) groups is 2. The number of allylic oxidation sites excluding steroid dienone is 1. The number of carbonyl (C=O) groups excluding carboxylic acids is 2. The van der Waals surface area contributed by atoms with E-state index < -0.39 is 5.41 Å². The average Bonchev–Trinajstić information content (AvgIpc) is 2.67. The SMILES string of the molecule is C=C(C)C(C)(C)CC(C)(CC(C)c1cccc(C(=O)c2ccccc2)c1)C(C)=O. The molecule has 2 aromatic rings. The first-order chi connectivity index (χ1) is 13.5. The van der Waals surface area contributed by atoms with E-state index in [1.165, 1.54) is 0 Å². The van der Waals surface area contributed by atoms with Crippen LogP contribution in [0.15, 0.2) is 66.7 Å². The molecule has 2 heteroatoms. The molecule has 0 saturated carbocycles. The maximum absolute atomic E-state index is 12.8. The van der Waals surface area contributed by atoms with Crippen LogP contribution in [0.1, 0.15) is 81.8 Å². The Balaban J connectivity index is 2.27. The lowest BCUT2D eigenvalue weighted by atomic mass is 9.65. The predicted octanol–water partition coefficient (Wildman–Crippen LogP) is 7.00. The van der Waals surface area contributed by atoms with Crippen molar-refractivity contribution in [2.75, 3.05) is 0 Å². The quantitative estimate of drug-likeness (QED) is 0.341. The van der Waals surface area contributed by atoms with Crippen LogP contribution >= 0.6 is 0 Å². The van der Waals surface area contributed by atoms with Crippen LogP contribution in [0.4, 0.5) is 0 Å². The van der Waals surface area contributed by atoms with Crippen LogP contribution in [0.5, 0.6) is 0 Å². The number of Topliss-reactive ketones (excluding diaryl/α,β-unsaturated/α-hetero) is 1. The number of rotatable bonds is 9. The summed E-state index contributed by atoms with van der Waals surface area (Å²) in [5.74, 6) is 0.390. The number of benzene rings is 2. The molecule has 2 nitrogen and oxygen atoms in total. The summed E-state index contributed by atoms with van der Waals surface area (Å²) in [6, 6.07) is 17.2. The maximum Gasteiger partial charge on any atom is 0.193 e. The molecule has 0 radical (unpaired) electrons. The zero-order valence-corrected chi connectivity index (χ0v) is 18.7. The number of hydrogen-bond acceptors (Lipinski definition) is 2. The fourth-order valence-electron chi connectivity index (χ4n) is 4.00. The minimum atomic E-state index is -0.443. The fourth-order valence-corrected chi connectivity index (χ4v) is 4.00. The third kappa shape index (κ3) is 5.53. The van der Waals surface area contributed by atoms with E-state index >= 15 is 0 Å². The summed E-state index contributed by atoms with van der Waals surface area (Å²) in [6.07, 6.45) is 1.50. The molecule has 0 amide bonds. The summed E-state index contributed by atoms with van der Waals surface area (Å²) in [7, 11) is 0. The van der Waals surface area contributed by atoms with Gasteiger partial charge in [-0.3, -0.25) is 9.59 Å². The van der Waals surface area contributed by atoms with Crippen LogP contribution in [0, 0.1) is 10.8 Å². The first kappa shape index (κ1) is 22.8. The molecule has 0 bridgehead atoms. The molecular formula is C27H34O2. The van der Waals surface area contributed by atoms with Gasteiger partial charge >= 0.3 is 0 Å². The Hall–Kier alpha value is -2.48. The minimum absolute atomic E-state index is 0.0254. The highest BCUT2D eigenvalue weighted by molar-refractivity contribution is 6.09. The van der Waals surface area contributed by atoms with Gasteiger partial charge in [0.25, 0.3) is 0 Å². The smallest absolute Gasteiger partial charge is 0.193 e. The van der Waals surface area contributed by atoms with Gasteiger partial charge in [0.1, 0.15) is 5.78 Å². The number of ketones is 2. The molecule has 0 fully saturated rings. The van der Waals surface area contributed by atoms with E-state index in [9.17, 15) is 9.59 Å². The van der Waals surface area contributed by atoms with Gasteiger partial charge in [-0.15, -0.1) is 0 Å². The van der Waals surface area contributed by atoms with Crippen LogP contribution in [-0.4, -0.2) is 11.6 Å². The molecule has 0 spiro atoms. The Morgan fingerprint density at radius 3 is 2.07 bits per heavy atom. The monoisotopic (exact) mass is 390 g/mol. The topological polar surface area (TPSA) is 34.1 Å². The highest BCUT2D eigenvalue weighted by Crippen LogP contribution is 2.44. The summed E-state index contributed by atoms with van der Waals surface area (Å²) < 4.78 is 0. The molecule has 0 aliphatic heterocycles. The van der Waals surface area contributed by atoms with Crippen molar-refractivity contribution in [3.8, 4) is 0 Å². The van der Waals surface area contributed by atoms with E-state index in [0.717, 1.165) is 24.0 Å². The Labute approximate surface area is 176 Å². The van der Waals surface area contributed by atoms with Crippen molar-refractivity contribution < 1.29 is 9.59 Å². The first-order valence-corrected chi connectivity index (χ1v) is 10.3. The maximum atomic E-state index is 12.8. The molecule has 0 heterocycles. The van der Waals surface area contributed by atoms with Gasteiger partial charge in [-0.1, -0.05) is 88.4 Å². The zero-order valence-electron chi connectivity index (χ0n) is 18.7. The lowest BCUT2D eigenvalue weighted by molar-refractivity contribution is -0.127. The van der Waals surface area contributed by atoms with Crippen molar-refractivity contribution in [2.24, 2.45) is 10.8 Å².